The summed E-state index contributed by atoms with van der Waals surface area (Å²) in [6.07, 6.45) is 0.439. The highest BCUT2D eigenvalue weighted by Gasteiger charge is 2.10. The zero-order valence-electron chi connectivity index (χ0n) is 6.80. The molecular formula is C5H10N4O2S2. The standard InChI is InChI=1S/C5H10N4O2S2/c6-2-1-3-13(10,11)9-5-8-7-4-12-5/h4H,1-3,6H2,(H,8,9). The minimum Gasteiger partial charge on any atom is -0.330 e. The summed E-state index contributed by atoms with van der Waals surface area (Å²) >= 11 is 1.14. The SMILES string of the molecule is NCCCS(=O)(=O)Nc1nncs1. The van der Waals surface area contributed by atoms with Crippen molar-refractivity contribution in [2.75, 3.05) is 17.0 Å². The zero-order valence-corrected chi connectivity index (χ0v) is 8.44. The van der Waals surface area contributed by atoms with Crippen molar-refractivity contribution in [3.63, 3.8) is 0 Å². The maximum absolute atomic E-state index is 11.2. The van der Waals surface area contributed by atoms with E-state index >= 15 is 0 Å². The van der Waals surface area contributed by atoms with Gasteiger partial charge in [-0.1, -0.05) is 11.3 Å². The third-order valence-electron chi connectivity index (χ3n) is 1.22. The van der Waals surface area contributed by atoms with Gasteiger partial charge in [0.15, 0.2) is 0 Å². The number of hydrogen-bond acceptors (Lipinski definition) is 6. The smallest absolute Gasteiger partial charge is 0.234 e. The summed E-state index contributed by atoms with van der Waals surface area (Å²) in [5.41, 5.74) is 6.65. The van der Waals surface area contributed by atoms with E-state index in [4.69, 9.17) is 5.73 Å². The van der Waals surface area contributed by atoms with Gasteiger partial charge in [0.2, 0.25) is 15.2 Å². The quantitative estimate of drug-likeness (QED) is 0.708. The molecule has 8 heteroatoms. The van der Waals surface area contributed by atoms with Gasteiger partial charge in [0, 0.05) is 0 Å². The van der Waals surface area contributed by atoms with E-state index in [0.717, 1.165) is 11.3 Å². The minimum atomic E-state index is -3.29. The van der Waals surface area contributed by atoms with E-state index in [1.165, 1.54) is 5.51 Å². The molecule has 1 rings (SSSR count). The Hall–Kier alpha value is -0.730. The monoisotopic (exact) mass is 222 g/mol. The highest BCUT2D eigenvalue weighted by atomic mass is 32.2. The van der Waals surface area contributed by atoms with Crippen molar-refractivity contribution in [2.24, 2.45) is 5.73 Å². The van der Waals surface area contributed by atoms with Gasteiger partial charge in [-0.05, 0) is 13.0 Å². The summed E-state index contributed by atoms with van der Waals surface area (Å²) in [4.78, 5) is 0. The van der Waals surface area contributed by atoms with Crippen LogP contribution in [-0.4, -0.2) is 30.9 Å². The van der Waals surface area contributed by atoms with Gasteiger partial charge in [0.05, 0.1) is 5.75 Å². The fraction of sp³-hybridized carbons (Fsp3) is 0.600. The molecule has 6 nitrogen and oxygen atoms in total. The molecular weight excluding hydrogens is 212 g/mol. The summed E-state index contributed by atoms with van der Waals surface area (Å²) in [6, 6.07) is 0. The summed E-state index contributed by atoms with van der Waals surface area (Å²) in [6.45, 7) is 0.358. The Morgan fingerprint density at radius 1 is 1.62 bits per heavy atom. The van der Waals surface area contributed by atoms with Crippen LogP contribution in [0.1, 0.15) is 6.42 Å². The Morgan fingerprint density at radius 3 is 2.92 bits per heavy atom. The Balaban J connectivity index is 2.53. The highest BCUT2D eigenvalue weighted by molar-refractivity contribution is 7.92. The molecule has 3 N–H and O–H groups in total. The molecule has 1 aromatic rings. The molecule has 0 saturated carbocycles. The maximum Gasteiger partial charge on any atom is 0.234 e. The zero-order chi connectivity index (χ0) is 9.73. The van der Waals surface area contributed by atoms with Crippen LogP contribution in [0.2, 0.25) is 0 Å². The number of anilines is 1. The molecule has 0 aliphatic carbocycles. The molecule has 1 heterocycles. The average Bonchev–Trinajstić information content (AvgIpc) is 2.52. The average molecular weight is 222 g/mol. The first-order valence-corrected chi connectivity index (χ1v) is 6.14. The van der Waals surface area contributed by atoms with Crippen LogP contribution in [0, 0.1) is 0 Å². The van der Waals surface area contributed by atoms with Crippen molar-refractivity contribution < 1.29 is 8.42 Å². The Morgan fingerprint density at radius 2 is 2.38 bits per heavy atom. The molecule has 0 atom stereocenters. The van der Waals surface area contributed by atoms with E-state index in [1.54, 1.807) is 0 Å². The first-order valence-electron chi connectivity index (χ1n) is 3.61. The van der Waals surface area contributed by atoms with Crippen molar-refractivity contribution in [3.05, 3.63) is 5.51 Å². The Labute approximate surface area is 80.2 Å². The van der Waals surface area contributed by atoms with Crippen LogP contribution in [-0.2, 0) is 10.0 Å². The topological polar surface area (TPSA) is 98.0 Å². The predicted octanol–water partition coefficient (Wildman–Crippen LogP) is -0.371. The number of nitrogens with one attached hydrogen (secondary N) is 1. The van der Waals surface area contributed by atoms with E-state index in [2.05, 4.69) is 14.9 Å². The van der Waals surface area contributed by atoms with E-state index < -0.39 is 10.0 Å². The highest BCUT2D eigenvalue weighted by Crippen LogP contribution is 2.10. The molecule has 0 aromatic carbocycles. The molecule has 0 bridgehead atoms. The molecule has 0 saturated heterocycles. The fourth-order valence-corrected chi connectivity index (χ4v) is 2.49. The second-order valence-corrected chi connectivity index (χ2v) is 4.98. The Bertz CT molecular complexity index is 333. The largest absolute Gasteiger partial charge is 0.330 e. The molecule has 74 valence electrons. The molecule has 0 fully saturated rings. The number of aromatic nitrogens is 2. The van der Waals surface area contributed by atoms with Crippen molar-refractivity contribution in [2.45, 2.75) is 6.42 Å². The van der Waals surface area contributed by atoms with Gasteiger partial charge in [-0.3, -0.25) is 4.72 Å². The van der Waals surface area contributed by atoms with E-state index in [0.29, 0.717) is 13.0 Å². The van der Waals surface area contributed by atoms with Crippen molar-refractivity contribution in [1.82, 2.24) is 10.2 Å². The lowest BCUT2D eigenvalue weighted by molar-refractivity contribution is 0.598. The van der Waals surface area contributed by atoms with Gasteiger partial charge < -0.3 is 5.73 Å². The normalized spacial score (nSPS) is 11.5. The Kier molecular flexibility index (Phi) is 3.58. The van der Waals surface area contributed by atoms with Gasteiger partial charge in [-0.25, -0.2) is 8.42 Å². The first-order chi connectivity index (χ1) is 6.14. The molecule has 0 radical (unpaired) electrons. The first kappa shape index (κ1) is 10.4. The van der Waals surface area contributed by atoms with Gasteiger partial charge in [-0.2, -0.15) is 0 Å². The van der Waals surface area contributed by atoms with Gasteiger partial charge in [-0.15, -0.1) is 10.2 Å². The molecule has 1 aromatic heterocycles. The summed E-state index contributed by atoms with van der Waals surface area (Å²) in [5.74, 6) is 0.0169. The second kappa shape index (κ2) is 4.49. The maximum atomic E-state index is 11.2. The van der Waals surface area contributed by atoms with Crippen molar-refractivity contribution in [3.8, 4) is 0 Å². The van der Waals surface area contributed by atoms with Gasteiger partial charge in [0.25, 0.3) is 0 Å². The number of nitrogens with two attached hydrogens (primary N) is 1. The molecule has 13 heavy (non-hydrogen) atoms. The van der Waals surface area contributed by atoms with Crippen LogP contribution in [0.3, 0.4) is 0 Å². The van der Waals surface area contributed by atoms with E-state index in [9.17, 15) is 8.42 Å². The molecule has 0 spiro atoms. The van der Waals surface area contributed by atoms with Gasteiger partial charge >= 0.3 is 0 Å². The van der Waals surface area contributed by atoms with Crippen molar-refractivity contribution in [1.29, 1.82) is 0 Å². The summed E-state index contributed by atoms with van der Waals surface area (Å²) < 4.78 is 24.8. The number of rotatable bonds is 5. The van der Waals surface area contributed by atoms with Crippen LogP contribution in [0.25, 0.3) is 0 Å². The van der Waals surface area contributed by atoms with Gasteiger partial charge in [0.1, 0.15) is 5.51 Å². The predicted molar refractivity (Wildman–Crippen MR) is 51.0 cm³/mol. The second-order valence-electron chi connectivity index (χ2n) is 2.31. The van der Waals surface area contributed by atoms with Crippen molar-refractivity contribution >= 4 is 26.5 Å². The fourth-order valence-electron chi connectivity index (χ4n) is 0.675. The van der Waals surface area contributed by atoms with Crippen LogP contribution < -0.4 is 10.5 Å². The van der Waals surface area contributed by atoms with Crippen LogP contribution in [0.4, 0.5) is 5.13 Å². The number of nitrogens with zero attached hydrogens (tertiary/aromatic N) is 2. The molecule has 0 aliphatic rings. The lowest BCUT2D eigenvalue weighted by Crippen LogP contribution is -2.18. The minimum absolute atomic E-state index is 0.0169. The number of sulfonamides is 1. The molecule has 0 amide bonds. The van der Waals surface area contributed by atoms with Crippen LogP contribution in [0.5, 0.6) is 0 Å². The lowest BCUT2D eigenvalue weighted by atomic mass is 10.5. The summed E-state index contributed by atoms with van der Waals surface area (Å²) in [7, 11) is -3.29. The number of hydrogen-bond donors (Lipinski definition) is 2. The molecule has 0 unspecified atom stereocenters. The lowest BCUT2D eigenvalue weighted by Gasteiger charge is -2.02. The van der Waals surface area contributed by atoms with E-state index in [-0.39, 0.29) is 10.9 Å². The molecule has 0 aliphatic heterocycles. The third kappa shape index (κ3) is 3.66. The summed E-state index contributed by atoms with van der Waals surface area (Å²) in [5, 5.41) is 7.35. The third-order valence-corrected chi connectivity index (χ3v) is 3.29. The van der Waals surface area contributed by atoms with E-state index in [1.807, 2.05) is 0 Å². The van der Waals surface area contributed by atoms with Crippen LogP contribution in [0.15, 0.2) is 5.51 Å². The van der Waals surface area contributed by atoms with Crippen LogP contribution >= 0.6 is 11.3 Å².